The van der Waals surface area contributed by atoms with E-state index in [-0.39, 0.29) is 38.6 Å². The molecule has 0 spiro atoms. The van der Waals surface area contributed by atoms with Crippen LogP contribution in [0.1, 0.15) is 361 Å². The number of rotatable bonds is 64. The van der Waals surface area contributed by atoms with E-state index in [2.05, 4.69) is 26.0 Å². The number of carbonyl (C=O) groups is 2. The summed E-state index contributed by atoms with van der Waals surface area (Å²) >= 11 is 0. The van der Waals surface area contributed by atoms with Crippen LogP contribution in [0.4, 0.5) is 0 Å². The normalized spacial score (nSPS) is 13.0. The minimum Gasteiger partial charge on any atom is -0.462 e. The number of esters is 2. The zero-order valence-electron chi connectivity index (χ0n) is 50.1. The van der Waals surface area contributed by atoms with Gasteiger partial charge in [0.2, 0.25) is 0 Å². The van der Waals surface area contributed by atoms with E-state index in [4.69, 9.17) is 24.3 Å². The van der Waals surface area contributed by atoms with E-state index in [1.54, 1.807) is 0 Å². The number of carbonyl (C=O) groups excluding carboxylic acids is 2. The molecule has 0 radical (unpaired) electrons. The minimum absolute atomic E-state index is 0.0579. The molecule has 10 heteroatoms. The largest absolute Gasteiger partial charge is 0.472 e. The molecule has 2 atom stereocenters. The van der Waals surface area contributed by atoms with Crippen molar-refractivity contribution in [1.29, 1.82) is 0 Å². The first-order chi connectivity index (χ1) is 36.8. The Bertz CT molecular complexity index is 1230. The van der Waals surface area contributed by atoms with Gasteiger partial charge in [0, 0.05) is 19.4 Å². The van der Waals surface area contributed by atoms with Crippen molar-refractivity contribution in [2.24, 2.45) is 5.73 Å². The molecule has 0 amide bonds. The summed E-state index contributed by atoms with van der Waals surface area (Å²) in [5.74, 6) is -0.804. The molecule has 0 rings (SSSR count). The molecule has 9 nitrogen and oxygen atoms in total. The smallest absolute Gasteiger partial charge is 0.462 e. The molecule has 2 unspecified atom stereocenters. The maximum Gasteiger partial charge on any atom is 0.472 e. The van der Waals surface area contributed by atoms with Crippen LogP contribution < -0.4 is 5.73 Å². The van der Waals surface area contributed by atoms with Crippen LogP contribution in [0, 0.1) is 0 Å². The number of allylic oxidation sites excluding steroid dienone is 2. The molecule has 0 aromatic carbocycles. The van der Waals surface area contributed by atoms with E-state index >= 15 is 0 Å². The molecule has 0 saturated carbocycles. The number of phosphoric ester groups is 1. The summed E-state index contributed by atoms with van der Waals surface area (Å²) in [5, 5.41) is 0. The summed E-state index contributed by atoms with van der Waals surface area (Å²) < 4.78 is 33.1. The Kier molecular flexibility index (Phi) is 60.9. The van der Waals surface area contributed by atoms with Crippen molar-refractivity contribution in [1.82, 2.24) is 0 Å². The Hall–Kier alpha value is -1.25. The van der Waals surface area contributed by atoms with Crippen molar-refractivity contribution in [3.8, 4) is 0 Å². The summed E-state index contributed by atoms with van der Waals surface area (Å²) in [6.45, 7) is 3.81. The lowest BCUT2D eigenvalue weighted by atomic mass is 10.0. The van der Waals surface area contributed by atoms with Crippen molar-refractivity contribution in [3.63, 3.8) is 0 Å². The van der Waals surface area contributed by atoms with Crippen LogP contribution in [0.15, 0.2) is 12.2 Å². The molecule has 0 aliphatic heterocycles. The fourth-order valence-corrected chi connectivity index (χ4v) is 11.0. The number of ether oxygens (including phenoxy) is 2. The Labute approximate surface area is 466 Å². The molecule has 0 fully saturated rings. The van der Waals surface area contributed by atoms with E-state index in [9.17, 15) is 19.0 Å². The second-order valence-electron chi connectivity index (χ2n) is 22.7. The van der Waals surface area contributed by atoms with Gasteiger partial charge in [-0.3, -0.25) is 18.6 Å². The van der Waals surface area contributed by atoms with E-state index in [0.29, 0.717) is 6.42 Å². The van der Waals surface area contributed by atoms with Gasteiger partial charge in [-0.1, -0.05) is 321 Å². The standard InChI is InChI=1S/C65H128NO8P/c1-3-5-7-9-11-13-15-17-19-20-21-22-23-24-25-26-27-28-29-30-31-32-33-34-35-36-37-38-39-40-41-42-44-46-48-50-52-54-56-58-65(68)74-63(62-73-75(69,70)72-60-59-66)61-71-64(67)57-55-53-51-49-47-45-43-18-16-14-12-10-8-6-4-2/h20-21,63H,3-19,22-62,66H2,1-2H3,(H,69,70)/b21-20-. The molecule has 0 aromatic heterocycles. The molecular formula is C65H128NO8P. The average Bonchev–Trinajstić information content (AvgIpc) is 3.40. The van der Waals surface area contributed by atoms with Gasteiger partial charge in [0.05, 0.1) is 13.2 Å². The Morgan fingerprint density at radius 2 is 0.653 bits per heavy atom. The average molecular weight is 1080 g/mol. The van der Waals surface area contributed by atoms with Crippen LogP contribution in [-0.4, -0.2) is 49.3 Å². The first kappa shape index (κ1) is 73.8. The molecule has 75 heavy (non-hydrogen) atoms. The molecule has 0 aromatic rings. The molecule has 0 heterocycles. The van der Waals surface area contributed by atoms with Gasteiger partial charge >= 0.3 is 19.8 Å². The fourth-order valence-electron chi connectivity index (χ4n) is 10.2. The third-order valence-electron chi connectivity index (χ3n) is 15.2. The third-order valence-corrected chi connectivity index (χ3v) is 16.1. The number of phosphoric acid groups is 1. The Morgan fingerprint density at radius 1 is 0.387 bits per heavy atom. The first-order valence-corrected chi connectivity index (χ1v) is 34.7. The number of hydrogen-bond acceptors (Lipinski definition) is 8. The first-order valence-electron chi connectivity index (χ1n) is 33.2. The van der Waals surface area contributed by atoms with Gasteiger partial charge in [-0.05, 0) is 38.5 Å². The van der Waals surface area contributed by atoms with Crippen LogP contribution in [0.25, 0.3) is 0 Å². The number of hydrogen-bond donors (Lipinski definition) is 2. The van der Waals surface area contributed by atoms with Crippen molar-refractivity contribution in [3.05, 3.63) is 12.2 Å². The zero-order chi connectivity index (χ0) is 54.5. The predicted molar refractivity (Wildman–Crippen MR) is 321 cm³/mol. The lowest BCUT2D eigenvalue weighted by molar-refractivity contribution is -0.161. The highest BCUT2D eigenvalue weighted by atomic mass is 31.2. The number of unbranched alkanes of at least 4 members (excludes halogenated alkanes) is 49. The van der Waals surface area contributed by atoms with Gasteiger partial charge in [0.1, 0.15) is 6.61 Å². The number of nitrogens with two attached hydrogens (primary N) is 1. The highest BCUT2D eigenvalue weighted by molar-refractivity contribution is 7.47. The molecule has 0 aliphatic carbocycles. The monoisotopic (exact) mass is 1080 g/mol. The highest BCUT2D eigenvalue weighted by Gasteiger charge is 2.26. The van der Waals surface area contributed by atoms with Crippen molar-refractivity contribution < 1.29 is 37.6 Å². The van der Waals surface area contributed by atoms with Gasteiger partial charge in [-0.15, -0.1) is 0 Å². The van der Waals surface area contributed by atoms with Crippen LogP contribution in [-0.2, 0) is 32.7 Å². The topological polar surface area (TPSA) is 134 Å². The molecule has 3 N–H and O–H groups in total. The van der Waals surface area contributed by atoms with Crippen molar-refractivity contribution in [2.45, 2.75) is 367 Å². The van der Waals surface area contributed by atoms with Gasteiger partial charge in [0.15, 0.2) is 6.10 Å². The maximum atomic E-state index is 12.7. The lowest BCUT2D eigenvalue weighted by Crippen LogP contribution is -2.29. The van der Waals surface area contributed by atoms with E-state index in [1.807, 2.05) is 0 Å². The Morgan fingerprint density at radius 3 is 0.947 bits per heavy atom. The van der Waals surface area contributed by atoms with Crippen molar-refractivity contribution >= 4 is 19.8 Å². The van der Waals surface area contributed by atoms with E-state index < -0.39 is 26.5 Å². The van der Waals surface area contributed by atoms with Crippen LogP contribution >= 0.6 is 7.82 Å². The summed E-state index contributed by atoms with van der Waals surface area (Å²) in [6.07, 6.45) is 73.2. The minimum atomic E-state index is -4.38. The van der Waals surface area contributed by atoms with E-state index in [0.717, 1.165) is 32.1 Å². The molecule has 0 saturated heterocycles. The van der Waals surface area contributed by atoms with Crippen LogP contribution in [0.5, 0.6) is 0 Å². The molecular weight excluding hydrogens is 954 g/mol. The second kappa shape index (κ2) is 62.0. The zero-order valence-corrected chi connectivity index (χ0v) is 51.0. The lowest BCUT2D eigenvalue weighted by Gasteiger charge is -2.19. The highest BCUT2D eigenvalue weighted by Crippen LogP contribution is 2.43. The summed E-state index contributed by atoms with van der Waals surface area (Å²) in [7, 11) is -4.38. The molecule has 446 valence electrons. The van der Waals surface area contributed by atoms with Crippen molar-refractivity contribution in [2.75, 3.05) is 26.4 Å². The van der Waals surface area contributed by atoms with Gasteiger partial charge in [-0.2, -0.15) is 0 Å². The summed E-state index contributed by atoms with van der Waals surface area (Å²) in [4.78, 5) is 35.2. The summed E-state index contributed by atoms with van der Waals surface area (Å²) in [6, 6.07) is 0. The second-order valence-corrected chi connectivity index (χ2v) is 24.2. The van der Waals surface area contributed by atoms with Gasteiger partial charge in [0.25, 0.3) is 0 Å². The fraction of sp³-hybridized carbons (Fsp3) is 0.938. The van der Waals surface area contributed by atoms with Gasteiger partial charge in [-0.25, -0.2) is 4.57 Å². The predicted octanol–water partition coefficient (Wildman–Crippen LogP) is 21.2. The third kappa shape index (κ3) is 61.8. The van der Waals surface area contributed by atoms with Crippen LogP contribution in [0.3, 0.4) is 0 Å². The van der Waals surface area contributed by atoms with Crippen LogP contribution in [0.2, 0.25) is 0 Å². The quantitative estimate of drug-likeness (QED) is 0.0264. The maximum absolute atomic E-state index is 12.7. The molecule has 0 bridgehead atoms. The van der Waals surface area contributed by atoms with Gasteiger partial charge < -0.3 is 20.1 Å². The summed E-state index contributed by atoms with van der Waals surface area (Å²) in [5.41, 5.74) is 5.39. The molecule has 0 aliphatic rings. The SMILES string of the molecule is CCCCCCCCCC/C=C\CCCCCCCCCCCCCCCCCCCCCCCCCCCCCC(=O)OC(COC(=O)CCCCCCCCCCCCCCCCC)COP(=O)(O)OCCN. The van der Waals surface area contributed by atoms with E-state index in [1.165, 1.54) is 295 Å². The Balaban J connectivity index is 3.71.